The molecule has 2 amide bonds. The number of para-hydroxylation sites is 2. The van der Waals surface area contributed by atoms with E-state index < -0.39 is 0 Å². The van der Waals surface area contributed by atoms with Gasteiger partial charge in [-0.05, 0) is 69.1 Å². The third-order valence-corrected chi connectivity index (χ3v) is 7.67. The Morgan fingerprint density at radius 3 is 1.23 bits per heavy atom. The van der Waals surface area contributed by atoms with Gasteiger partial charge in [0.05, 0.1) is 0 Å². The number of benzene rings is 6. The van der Waals surface area contributed by atoms with E-state index in [1.54, 1.807) is 22.0 Å². The highest BCUT2D eigenvalue weighted by Crippen LogP contribution is 2.23. The number of carbonyl (C=O) groups excluding carboxylic acids is 2. The van der Waals surface area contributed by atoms with Gasteiger partial charge in [-0.1, -0.05) is 121 Å². The van der Waals surface area contributed by atoms with Crippen molar-refractivity contribution < 1.29 is 9.59 Å². The summed E-state index contributed by atoms with van der Waals surface area (Å²) in [7, 11) is 0. The monoisotopic (exact) mass is 572 g/mol. The van der Waals surface area contributed by atoms with Crippen LogP contribution in [0.2, 0.25) is 0 Å². The molecule has 214 valence electrons. The molecule has 6 aromatic rings. The molecule has 0 fully saturated rings. The molecule has 0 heterocycles. The number of nitrogens with zero attached hydrogens (tertiary/aromatic N) is 2. The first-order valence-electron chi connectivity index (χ1n) is 14.7. The number of anilines is 2. The number of hydrogen-bond donors (Lipinski definition) is 0. The van der Waals surface area contributed by atoms with Crippen LogP contribution in [0.5, 0.6) is 0 Å². The molecule has 0 radical (unpaired) electrons. The van der Waals surface area contributed by atoms with Gasteiger partial charge >= 0.3 is 0 Å². The molecule has 0 aliphatic rings. The summed E-state index contributed by atoms with van der Waals surface area (Å²) < 4.78 is 0. The first-order valence-corrected chi connectivity index (χ1v) is 14.7. The molecule has 44 heavy (non-hydrogen) atoms. The van der Waals surface area contributed by atoms with Crippen LogP contribution >= 0.6 is 0 Å². The Morgan fingerprint density at radius 1 is 0.432 bits per heavy atom. The third-order valence-electron chi connectivity index (χ3n) is 7.67. The summed E-state index contributed by atoms with van der Waals surface area (Å²) in [6.07, 6.45) is 6.97. The summed E-state index contributed by atoms with van der Waals surface area (Å²) >= 11 is 0. The van der Waals surface area contributed by atoms with Crippen LogP contribution in [0.3, 0.4) is 0 Å². The first-order chi connectivity index (χ1) is 21.7. The smallest absolute Gasteiger partial charge is 0.251 e. The molecule has 6 aromatic carbocycles. The van der Waals surface area contributed by atoms with E-state index >= 15 is 0 Å². The largest absolute Gasteiger partial charge is 0.307 e. The van der Waals surface area contributed by atoms with Gasteiger partial charge in [-0.3, -0.25) is 9.59 Å². The van der Waals surface area contributed by atoms with E-state index in [-0.39, 0.29) is 11.8 Å². The van der Waals surface area contributed by atoms with Gasteiger partial charge in [-0.15, -0.1) is 0 Å². The highest BCUT2D eigenvalue weighted by molar-refractivity contribution is 6.07. The molecule has 0 aliphatic carbocycles. The van der Waals surface area contributed by atoms with Gasteiger partial charge in [0.15, 0.2) is 0 Å². The van der Waals surface area contributed by atoms with Crippen molar-refractivity contribution in [2.24, 2.45) is 0 Å². The van der Waals surface area contributed by atoms with Crippen LogP contribution in [0.1, 0.15) is 11.1 Å². The van der Waals surface area contributed by atoms with Crippen molar-refractivity contribution in [2.75, 3.05) is 22.9 Å². The second-order valence-electron chi connectivity index (χ2n) is 10.5. The molecule has 4 nitrogen and oxygen atoms in total. The predicted octanol–water partition coefficient (Wildman–Crippen LogP) is 8.79. The number of hydrogen-bond acceptors (Lipinski definition) is 2. The minimum Gasteiger partial charge on any atom is -0.307 e. The second kappa shape index (κ2) is 13.5. The van der Waals surface area contributed by atoms with Crippen LogP contribution in [-0.4, -0.2) is 24.9 Å². The number of carbonyl (C=O) groups is 2. The van der Waals surface area contributed by atoms with Crippen LogP contribution < -0.4 is 9.80 Å². The molecule has 0 aliphatic heterocycles. The van der Waals surface area contributed by atoms with E-state index in [4.69, 9.17) is 0 Å². The van der Waals surface area contributed by atoms with Gasteiger partial charge in [0.25, 0.3) is 11.8 Å². The molecule has 4 heteroatoms. The molecule has 0 N–H and O–H groups in total. The Labute approximate surface area is 257 Å². The number of rotatable bonds is 9. The van der Waals surface area contributed by atoms with Gasteiger partial charge in [0.2, 0.25) is 0 Å². The van der Waals surface area contributed by atoms with Crippen LogP contribution in [0, 0.1) is 0 Å². The minimum atomic E-state index is -0.157. The van der Waals surface area contributed by atoms with E-state index in [0.717, 1.165) is 44.0 Å². The lowest BCUT2D eigenvalue weighted by Crippen LogP contribution is -2.40. The Bertz CT molecular complexity index is 1810. The molecule has 0 saturated heterocycles. The SMILES string of the molecule is O=C(C=Cc1cccc2ccccc12)N(CCN(C(=O)C=Cc1cccc2ccccc12)c1ccccc1)c1ccccc1. The zero-order chi connectivity index (χ0) is 30.1. The average molecular weight is 573 g/mol. The molecule has 0 bridgehead atoms. The zero-order valence-electron chi connectivity index (χ0n) is 24.3. The summed E-state index contributed by atoms with van der Waals surface area (Å²) in [6.45, 7) is 0.622. The Hall–Kier alpha value is -5.74. The molecular formula is C40H32N2O2. The summed E-state index contributed by atoms with van der Waals surface area (Å²) in [5.41, 5.74) is 3.49. The second-order valence-corrected chi connectivity index (χ2v) is 10.5. The highest BCUT2D eigenvalue weighted by Gasteiger charge is 2.19. The van der Waals surface area contributed by atoms with Crippen LogP contribution in [0.15, 0.2) is 158 Å². The van der Waals surface area contributed by atoms with Gasteiger partial charge in [-0.2, -0.15) is 0 Å². The maximum Gasteiger partial charge on any atom is 0.251 e. The van der Waals surface area contributed by atoms with Crippen molar-refractivity contribution in [3.05, 3.63) is 169 Å². The molecule has 0 saturated carbocycles. The van der Waals surface area contributed by atoms with E-state index in [1.165, 1.54) is 0 Å². The molecule has 0 atom stereocenters. The van der Waals surface area contributed by atoms with E-state index in [9.17, 15) is 9.59 Å². The Balaban J connectivity index is 1.27. The normalized spacial score (nSPS) is 11.4. The van der Waals surface area contributed by atoms with Crippen molar-refractivity contribution in [1.29, 1.82) is 0 Å². The van der Waals surface area contributed by atoms with Gasteiger partial charge < -0.3 is 9.80 Å². The van der Waals surface area contributed by atoms with E-state index in [1.807, 2.05) is 121 Å². The molecule has 0 aromatic heterocycles. The maximum atomic E-state index is 13.7. The van der Waals surface area contributed by atoms with Crippen molar-refractivity contribution in [1.82, 2.24) is 0 Å². The Kier molecular flexibility index (Phi) is 8.70. The molecule has 6 rings (SSSR count). The summed E-state index contributed by atoms with van der Waals surface area (Å²) in [5, 5.41) is 4.42. The average Bonchev–Trinajstić information content (AvgIpc) is 3.09. The van der Waals surface area contributed by atoms with Gasteiger partial charge in [0.1, 0.15) is 0 Å². The lowest BCUT2D eigenvalue weighted by molar-refractivity contribution is -0.115. The molecule has 0 unspecified atom stereocenters. The topological polar surface area (TPSA) is 40.6 Å². The van der Waals surface area contributed by atoms with Gasteiger partial charge in [0, 0.05) is 36.6 Å². The third kappa shape index (κ3) is 6.50. The maximum absolute atomic E-state index is 13.7. The summed E-state index contributed by atoms with van der Waals surface area (Å²) in [4.78, 5) is 30.9. The van der Waals surface area contributed by atoms with Crippen LogP contribution in [-0.2, 0) is 9.59 Å². The van der Waals surface area contributed by atoms with E-state index in [0.29, 0.717) is 13.1 Å². The molecular weight excluding hydrogens is 540 g/mol. The predicted molar refractivity (Wildman–Crippen MR) is 184 cm³/mol. The van der Waals surface area contributed by atoms with Crippen LogP contribution in [0.4, 0.5) is 11.4 Å². The summed E-state index contributed by atoms with van der Waals surface area (Å²) in [5.74, 6) is -0.313. The first kappa shape index (κ1) is 28.4. The lowest BCUT2D eigenvalue weighted by Gasteiger charge is -2.27. The fraction of sp³-hybridized carbons (Fsp3) is 0.0500. The van der Waals surface area contributed by atoms with Crippen molar-refractivity contribution in [3.63, 3.8) is 0 Å². The van der Waals surface area contributed by atoms with Crippen LogP contribution in [0.25, 0.3) is 33.7 Å². The lowest BCUT2D eigenvalue weighted by atomic mass is 10.0. The minimum absolute atomic E-state index is 0.157. The fourth-order valence-corrected chi connectivity index (χ4v) is 5.44. The standard InChI is InChI=1S/C40H32N2O2/c43-39(27-25-33-17-11-15-31-13-7-9-23-37(31)33)41(35-19-3-1-4-20-35)29-30-42(36-21-5-2-6-22-36)40(44)28-26-34-18-12-16-32-14-8-10-24-38(32)34/h1-28H,29-30H2. The van der Waals surface area contributed by atoms with Crippen molar-refractivity contribution in [2.45, 2.75) is 0 Å². The fourth-order valence-electron chi connectivity index (χ4n) is 5.44. The Morgan fingerprint density at radius 2 is 0.795 bits per heavy atom. The van der Waals surface area contributed by atoms with E-state index in [2.05, 4.69) is 36.4 Å². The van der Waals surface area contributed by atoms with Crippen molar-refractivity contribution in [3.8, 4) is 0 Å². The number of fused-ring (bicyclic) bond motifs is 2. The molecule has 0 spiro atoms. The summed E-state index contributed by atoms with van der Waals surface area (Å²) in [6, 6.07) is 47.6. The number of amides is 2. The highest BCUT2D eigenvalue weighted by atomic mass is 16.2. The van der Waals surface area contributed by atoms with Gasteiger partial charge in [-0.25, -0.2) is 0 Å². The quantitative estimate of drug-likeness (QED) is 0.163. The van der Waals surface area contributed by atoms with Crippen molar-refractivity contribution >= 4 is 56.9 Å². The zero-order valence-corrected chi connectivity index (χ0v) is 24.3.